The number of aliphatic carboxylic acids is 1. The molecule has 1 fully saturated rings. The van der Waals surface area contributed by atoms with Crippen molar-refractivity contribution >= 4 is 29.4 Å². The Morgan fingerprint density at radius 1 is 1.37 bits per heavy atom. The third kappa shape index (κ3) is 3.50. The number of amides is 1. The van der Waals surface area contributed by atoms with Crippen LogP contribution in [0, 0.1) is 5.92 Å². The van der Waals surface area contributed by atoms with Crippen molar-refractivity contribution in [3.8, 4) is 5.75 Å². The zero-order valence-electron chi connectivity index (χ0n) is 14.7. The lowest BCUT2D eigenvalue weighted by Gasteiger charge is -2.49. The molecule has 3 rings (SSSR count). The van der Waals surface area contributed by atoms with Crippen molar-refractivity contribution in [3.05, 3.63) is 53.3 Å². The second-order valence-corrected chi connectivity index (χ2v) is 7.54. The van der Waals surface area contributed by atoms with Gasteiger partial charge in [0, 0.05) is 12.2 Å². The van der Waals surface area contributed by atoms with Crippen LogP contribution in [-0.2, 0) is 14.4 Å². The number of hydrogen-bond acceptors (Lipinski definition) is 6. The SMILES string of the molecule is C/C=C/C1=C(C(=O)O)N2C(=O)[C@@H](CC(=O)[C@H](N)c3ccc(O)cc3)[C@H]2SC1. The second kappa shape index (κ2) is 7.58. The fourth-order valence-corrected chi connectivity index (χ4v) is 4.70. The molecule has 0 unspecified atom stereocenters. The Hall–Kier alpha value is -2.58. The standard InChI is InChI=1S/C19H20N2O5S/c1-2-3-11-9-27-18-13(17(24)21(18)16(11)19(25)26)8-14(23)15(20)10-4-6-12(22)7-5-10/h2-7,13,15,18,22H,8-9,20H2,1H3,(H,25,26)/b3-2+/t13-,15-,18-/m1/s1. The number of carbonyl (C=O) groups is 3. The van der Waals surface area contributed by atoms with Crippen LogP contribution in [0.15, 0.2) is 47.7 Å². The quantitative estimate of drug-likeness (QED) is 0.635. The van der Waals surface area contributed by atoms with Crippen molar-refractivity contribution in [2.45, 2.75) is 24.8 Å². The molecule has 3 atom stereocenters. The molecule has 0 aliphatic carbocycles. The highest BCUT2D eigenvalue weighted by Crippen LogP contribution is 2.45. The maximum absolute atomic E-state index is 12.6. The van der Waals surface area contributed by atoms with E-state index in [4.69, 9.17) is 5.73 Å². The zero-order valence-corrected chi connectivity index (χ0v) is 15.5. The predicted molar refractivity (Wildman–Crippen MR) is 101 cm³/mol. The number of phenolic OH excluding ortho intramolecular Hbond substituents is 1. The molecule has 2 aliphatic heterocycles. The van der Waals surface area contributed by atoms with E-state index in [1.807, 2.05) is 0 Å². The van der Waals surface area contributed by atoms with Crippen LogP contribution in [0.2, 0.25) is 0 Å². The number of carboxylic acids is 1. The highest BCUT2D eigenvalue weighted by atomic mass is 32.2. The fourth-order valence-electron chi connectivity index (χ4n) is 3.32. The Labute approximate surface area is 160 Å². The van der Waals surface area contributed by atoms with E-state index in [0.29, 0.717) is 16.9 Å². The van der Waals surface area contributed by atoms with Crippen LogP contribution in [0.25, 0.3) is 0 Å². The van der Waals surface area contributed by atoms with Crippen molar-refractivity contribution < 1.29 is 24.6 Å². The molecular weight excluding hydrogens is 368 g/mol. The average Bonchev–Trinajstić information content (AvgIpc) is 2.65. The van der Waals surface area contributed by atoms with Gasteiger partial charge in [0.2, 0.25) is 5.91 Å². The molecule has 1 saturated heterocycles. The normalized spacial score (nSPS) is 23.2. The molecule has 142 valence electrons. The minimum Gasteiger partial charge on any atom is -0.508 e. The van der Waals surface area contributed by atoms with Gasteiger partial charge in [0.05, 0.1) is 17.3 Å². The van der Waals surface area contributed by atoms with Gasteiger partial charge in [-0.3, -0.25) is 14.5 Å². The van der Waals surface area contributed by atoms with Gasteiger partial charge in [-0.05, 0) is 30.2 Å². The van der Waals surface area contributed by atoms with Crippen LogP contribution in [0.4, 0.5) is 0 Å². The molecule has 0 spiro atoms. The molecule has 27 heavy (non-hydrogen) atoms. The smallest absolute Gasteiger partial charge is 0.352 e. The summed E-state index contributed by atoms with van der Waals surface area (Å²) in [5, 5.41) is 18.5. The van der Waals surface area contributed by atoms with Gasteiger partial charge in [0.1, 0.15) is 11.4 Å². The molecule has 8 heteroatoms. The number of allylic oxidation sites excluding steroid dienone is 2. The number of rotatable bonds is 6. The van der Waals surface area contributed by atoms with Gasteiger partial charge >= 0.3 is 5.97 Å². The summed E-state index contributed by atoms with van der Waals surface area (Å²) in [4.78, 5) is 38.0. The van der Waals surface area contributed by atoms with E-state index in [-0.39, 0.29) is 34.9 Å². The topological polar surface area (TPSA) is 121 Å². The number of carboxylic acid groups (broad SMARTS) is 1. The first-order valence-corrected chi connectivity index (χ1v) is 9.51. The van der Waals surface area contributed by atoms with Crippen molar-refractivity contribution in [2.24, 2.45) is 11.7 Å². The minimum absolute atomic E-state index is 0.00613. The van der Waals surface area contributed by atoms with Gasteiger partial charge in [-0.15, -0.1) is 11.8 Å². The third-order valence-electron chi connectivity index (χ3n) is 4.70. The van der Waals surface area contributed by atoms with Gasteiger partial charge in [0.15, 0.2) is 5.78 Å². The monoisotopic (exact) mass is 388 g/mol. The van der Waals surface area contributed by atoms with Gasteiger partial charge in [-0.1, -0.05) is 24.3 Å². The van der Waals surface area contributed by atoms with Crippen LogP contribution in [0.3, 0.4) is 0 Å². The lowest BCUT2D eigenvalue weighted by molar-refractivity contribution is -0.154. The number of fused-ring (bicyclic) bond motifs is 1. The van der Waals surface area contributed by atoms with Crippen LogP contribution in [0.1, 0.15) is 24.9 Å². The van der Waals surface area contributed by atoms with Gasteiger partial charge in [0.25, 0.3) is 0 Å². The number of nitrogens with zero attached hydrogens (tertiary/aromatic N) is 1. The number of Topliss-reactive ketones (excluding diaryl/α,β-unsaturated/α-hetero) is 1. The summed E-state index contributed by atoms with van der Waals surface area (Å²) in [5.41, 5.74) is 7.13. The molecule has 1 aromatic carbocycles. The summed E-state index contributed by atoms with van der Waals surface area (Å²) in [6, 6.07) is 5.13. The Morgan fingerprint density at radius 2 is 2.04 bits per heavy atom. The Bertz CT molecular complexity index is 846. The number of thioether (sulfide) groups is 1. The number of ketones is 1. The maximum atomic E-state index is 12.6. The second-order valence-electron chi connectivity index (χ2n) is 6.43. The summed E-state index contributed by atoms with van der Waals surface area (Å²) >= 11 is 1.45. The number of benzene rings is 1. The summed E-state index contributed by atoms with van der Waals surface area (Å²) < 4.78 is 0. The number of nitrogens with two attached hydrogens (primary N) is 1. The lowest BCUT2D eigenvalue weighted by Crippen LogP contribution is -2.62. The van der Waals surface area contributed by atoms with Crippen molar-refractivity contribution in [2.75, 3.05) is 5.75 Å². The van der Waals surface area contributed by atoms with Crippen molar-refractivity contribution in [1.29, 1.82) is 0 Å². The number of phenols is 1. The van der Waals surface area contributed by atoms with E-state index >= 15 is 0 Å². The molecule has 1 amide bonds. The van der Waals surface area contributed by atoms with E-state index in [1.165, 1.54) is 28.8 Å². The summed E-state index contributed by atoms with van der Waals surface area (Å²) in [6.45, 7) is 1.79. The molecule has 0 bridgehead atoms. The number of hydrogen-bond donors (Lipinski definition) is 3. The van der Waals surface area contributed by atoms with Crippen LogP contribution >= 0.6 is 11.8 Å². The maximum Gasteiger partial charge on any atom is 0.352 e. The molecule has 0 aromatic heterocycles. The summed E-state index contributed by atoms with van der Waals surface area (Å²) in [7, 11) is 0. The number of carbonyl (C=O) groups excluding carboxylic acids is 2. The van der Waals surface area contributed by atoms with Crippen LogP contribution < -0.4 is 5.73 Å². The Balaban J connectivity index is 1.74. The van der Waals surface area contributed by atoms with E-state index < -0.39 is 17.9 Å². The molecule has 4 N–H and O–H groups in total. The molecule has 2 aliphatic rings. The first-order valence-electron chi connectivity index (χ1n) is 8.46. The molecule has 7 nitrogen and oxygen atoms in total. The van der Waals surface area contributed by atoms with E-state index in [1.54, 1.807) is 31.2 Å². The number of aromatic hydroxyl groups is 1. The van der Waals surface area contributed by atoms with Crippen LogP contribution in [0.5, 0.6) is 5.75 Å². The van der Waals surface area contributed by atoms with Gasteiger partial charge in [-0.2, -0.15) is 0 Å². The highest BCUT2D eigenvalue weighted by molar-refractivity contribution is 8.00. The first kappa shape index (κ1) is 19.2. The average molecular weight is 388 g/mol. The fraction of sp³-hybridized carbons (Fsp3) is 0.316. The molecule has 0 radical (unpaired) electrons. The van der Waals surface area contributed by atoms with Gasteiger partial charge in [-0.25, -0.2) is 4.79 Å². The van der Waals surface area contributed by atoms with E-state index in [2.05, 4.69) is 0 Å². The zero-order chi connectivity index (χ0) is 19.7. The number of β-lactam (4-membered cyclic amide) rings is 1. The minimum atomic E-state index is -1.15. The summed E-state index contributed by atoms with van der Waals surface area (Å²) in [5.74, 6) is -1.83. The Kier molecular flexibility index (Phi) is 5.38. The van der Waals surface area contributed by atoms with E-state index in [0.717, 1.165) is 0 Å². The highest BCUT2D eigenvalue weighted by Gasteiger charge is 2.53. The first-order chi connectivity index (χ1) is 12.8. The molecule has 0 saturated carbocycles. The lowest BCUT2D eigenvalue weighted by atomic mass is 9.87. The third-order valence-corrected chi connectivity index (χ3v) is 6.06. The Morgan fingerprint density at radius 3 is 2.63 bits per heavy atom. The van der Waals surface area contributed by atoms with E-state index in [9.17, 15) is 24.6 Å². The largest absolute Gasteiger partial charge is 0.508 e. The predicted octanol–water partition coefficient (Wildman–Crippen LogP) is 1.80. The van der Waals surface area contributed by atoms with Crippen molar-refractivity contribution in [1.82, 2.24) is 4.90 Å². The van der Waals surface area contributed by atoms with Crippen molar-refractivity contribution in [3.63, 3.8) is 0 Å². The van der Waals surface area contributed by atoms with Crippen LogP contribution in [-0.4, -0.2) is 43.9 Å². The molecule has 1 aromatic rings. The van der Waals surface area contributed by atoms with Gasteiger partial charge < -0.3 is 15.9 Å². The molecular formula is C19H20N2O5S. The molecule has 2 heterocycles. The summed E-state index contributed by atoms with van der Waals surface area (Å²) in [6.07, 6.45) is 3.39.